The minimum absolute atomic E-state index is 0.0593. The van der Waals surface area contributed by atoms with Gasteiger partial charge in [0.05, 0.1) is 11.7 Å². The molecule has 1 aliphatic rings. The molecule has 2 nitrogen and oxygen atoms in total. The van der Waals surface area contributed by atoms with E-state index in [0.717, 1.165) is 6.07 Å². The van der Waals surface area contributed by atoms with Crippen molar-refractivity contribution in [1.29, 1.82) is 0 Å². The zero-order chi connectivity index (χ0) is 11.8. The average Bonchev–Trinajstić information content (AvgIpc) is 2.26. The van der Waals surface area contributed by atoms with Crippen molar-refractivity contribution in [2.75, 3.05) is 19.0 Å². The van der Waals surface area contributed by atoms with Gasteiger partial charge in [0.15, 0.2) is 0 Å². The Morgan fingerprint density at radius 3 is 2.75 bits per heavy atom. The molecule has 1 aromatic carbocycles. The van der Waals surface area contributed by atoms with Gasteiger partial charge in [0, 0.05) is 25.8 Å². The number of para-hydroxylation sites is 1. The van der Waals surface area contributed by atoms with E-state index in [9.17, 15) is 13.2 Å². The van der Waals surface area contributed by atoms with Crippen LogP contribution in [0.1, 0.15) is 11.1 Å². The van der Waals surface area contributed by atoms with Crippen LogP contribution in [0.3, 0.4) is 0 Å². The third kappa shape index (κ3) is 2.00. The van der Waals surface area contributed by atoms with Gasteiger partial charge in [0.25, 0.3) is 0 Å². The van der Waals surface area contributed by atoms with E-state index in [1.807, 2.05) is 0 Å². The van der Waals surface area contributed by atoms with Crippen LogP contribution in [0, 0.1) is 0 Å². The van der Waals surface area contributed by atoms with Crippen LogP contribution in [-0.2, 0) is 17.3 Å². The molecule has 0 radical (unpaired) electrons. The maximum Gasteiger partial charge on any atom is 0.418 e. The summed E-state index contributed by atoms with van der Waals surface area (Å²) in [4.78, 5) is 0. The maximum absolute atomic E-state index is 12.7. The number of nitrogens with one attached hydrogen (secondary N) is 1. The van der Waals surface area contributed by atoms with Crippen LogP contribution in [0.2, 0.25) is 0 Å². The van der Waals surface area contributed by atoms with Crippen LogP contribution in [0.5, 0.6) is 0 Å². The molecule has 0 aliphatic carbocycles. The van der Waals surface area contributed by atoms with Gasteiger partial charge in [0.1, 0.15) is 0 Å². The van der Waals surface area contributed by atoms with Gasteiger partial charge in [0.2, 0.25) is 0 Å². The monoisotopic (exact) mass is 231 g/mol. The molecule has 1 aliphatic heterocycles. The molecule has 0 fully saturated rings. The molecule has 1 heterocycles. The first-order chi connectivity index (χ1) is 7.52. The highest BCUT2D eigenvalue weighted by Crippen LogP contribution is 2.38. The van der Waals surface area contributed by atoms with Crippen molar-refractivity contribution in [3.8, 4) is 0 Å². The Balaban J connectivity index is 2.39. The van der Waals surface area contributed by atoms with E-state index in [0.29, 0.717) is 18.5 Å². The number of methoxy groups -OCH3 is 1. The van der Waals surface area contributed by atoms with Gasteiger partial charge in [-0.1, -0.05) is 12.1 Å². The number of halogens is 3. The van der Waals surface area contributed by atoms with Gasteiger partial charge in [-0.15, -0.1) is 0 Å². The van der Waals surface area contributed by atoms with E-state index < -0.39 is 11.7 Å². The zero-order valence-corrected chi connectivity index (χ0v) is 8.77. The number of rotatable bonds is 1. The summed E-state index contributed by atoms with van der Waals surface area (Å²) in [6.45, 7) is 0.413. The van der Waals surface area contributed by atoms with Crippen LogP contribution in [0.25, 0.3) is 0 Å². The summed E-state index contributed by atoms with van der Waals surface area (Å²) in [6.07, 6.45) is -3.85. The maximum atomic E-state index is 12.7. The molecule has 1 unspecified atom stereocenters. The first-order valence-corrected chi connectivity index (χ1v) is 4.98. The summed E-state index contributed by atoms with van der Waals surface area (Å²) in [6, 6.07) is 4.23. The first-order valence-electron chi connectivity index (χ1n) is 4.98. The second-order valence-corrected chi connectivity index (χ2v) is 3.78. The minimum Gasteiger partial charge on any atom is -0.382 e. The Morgan fingerprint density at radius 2 is 2.12 bits per heavy atom. The topological polar surface area (TPSA) is 21.3 Å². The van der Waals surface area contributed by atoms with Crippen molar-refractivity contribution in [2.24, 2.45) is 0 Å². The Hall–Kier alpha value is -1.23. The number of alkyl halides is 3. The molecule has 0 aromatic heterocycles. The molecule has 1 aromatic rings. The van der Waals surface area contributed by atoms with Gasteiger partial charge in [-0.05, 0) is 11.6 Å². The number of ether oxygens (including phenoxy) is 1. The molecule has 1 atom stereocenters. The molecule has 0 amide bonds. The van der Waals surface area contributed by atoms with Gasteiger partial charge >= 0.3 is 6.18 Å². The van der Waals surface area contributed by atoms with E-state index in [4.69, 9.17) is 4.74 Å². The van der Waals surface area contributed by atoms with Crippen molar-refractivity contribution < 1.29 is 17.9 Å². The van der Waals surface area contributed by atoms with Crippen LogP contribution in [-0.4, -0.2) is 19.8 Å². The summed E-state index contributed by atoms with van der Waals surface area (Å²) in [5.74, 6) is 0. The van der Waals surface area contributed by atoms with E-state index in [2.05, 4.69) is 5.32 Å². The molecular weight excluding hydrogens is 219 g/mol. The van der Waals surface area contributed by atoms with Crippen LogP contribution in [0.4, 0.5) is 18.9 Å². The lowest BCUT2D eigenvalue weighted by atomic mass is 9.97. The molecule has 88 valence electrons. The Morgan fingerprint density at radius 1 is 1.38 bits per heavy atom. The smallest absolute Gasteiger partial charge is 0.382 e. The summed E-state index contributed by atoms with van der Waals surface area (Å²) < 4.78 is 43.2. The van der Waals surface area contributed by atoms with E-state index in [1.54, 1.807) is 13.2 Å². The van der Waals surface area contributed by atoms with Gasteiger partial charge < -0.3 is 10.1 Å². The van der Waals surface area contributed by atoms with Gasteiger partial charge in [-0.3, -0.25) is 0 Å². The van der Waals surface area contributed by atoms with Crippen LogP contribution >= 0.6 is 0 Å². The molecular formula is C11H12F3NO. The molecule has 0 bridgehead atoms. The quantitative estimate of drug-likeness (QED) is 0.802. The summed E-state index contributed by atoms with van der Waals surface area (Å²) in [5.41, 5.74) is 0.260. The third-order valence-corrected chi connectivity index (χ3v) is 2.74. The molecule has 16 heavy (non-hydrogen) atoms. The van der Waals surface area contributed by atoms with Crippen molar-refractivity contribution in [3.05, 3.63) is 29.3 Å². The third-order valence-electron chi connectivity index (χ3n) is 2.74. The van der Waals surface area contributed by atoms with Crippen molar-refractivity contribution in [1.82, 2.24) is 0 Å². The van der Waals surface area contributed by atoms with Crippen molar-refractivity contribution >= 4 is 5.69 Å². The van der Waals surface area contributed by atoms with Crippen molar-refractivity contribution in [2.45, 2.75) is 18.7 Å². The fourth-order valence-corrected chi connectivity index (χ4v) is 1.92. The van der Waals surface area contributed by atoms with Gasteiger partial charge in [-0.2, -0.15) is 13.2 Å². The lowest BCUT2D eigenvalue weighted by Gasteiger charge is -2.27. The fraction of sp³-hybridized carbons (Fsp3) is 0.455. The second kappa shape index (κ2) is 3.97. The van der Waals surface area contributed by atoms with E-state index in [1.165, 1.54) is 6.07 Å². The fourth-order valence-electron chi connectivity index (χ4n) is 1.92. The summed E-state index contributed by atoms with van der Waals surface area (Å²) in [5, 5.41) is 2.79. The average molecular weight is 231 g/mol. The number of hydrogen-bond donors (Lipinski definition) is 1. The molecule has 5 heteroatoms. The predicted octanol–water partition coefficient (Wildman–Crippen LogP) is 2.69. The summed E-state index contributed by atoms with van der Waals surface area (Å²) in [7, 11) is 1.56. The van der Waals surface area contributed by atoms with Gasteiger partial charge in [-0.25, -0.2) is 0 Å². The normalized spacial score (nSPS) is 20.1. The number of hydrogen-bond acceptors (Lipinski definition) is 2. The second-order valence-electron chi connectivity index (χ2n) is 3.78. The highest BCUT2D eigenvalue weighted by Gasteiger charge is 2.35. The predicted molar refractivity (Wildman–Crippen MR) is 54.4 cm³/mol. The molecule has 0 saturated heterocycles. The Bertz CT molecular complexity index is 389. The van der Waals surface area contributed by atoms with Crippen molar-refractivity contribution in [3.63, 3.8) is 0 Å². The number of benzene rings is 1. The van der Waals surface area contributed by atoms with E-state index in [-0.39, 0.29) is 11.8 Å². The highest BCUT2D eigenvalue weighted by molar-refractivity contribution is 5.60. The van der Waals surface area contributed by atoms with E-state index >= 15 is 0 Å². The SMILES string of the molecule is COC1CNc2c(cccc2C(F)(F)F)C1. The summed E-state index contributed by atoms with van der Waals surface area (Å²) >= 11 is 0. The highest BCUT2D eigenvalue weighted by atomic mass is 19.4. The lowest BCUT2D eigenvalue weighted by molar-refractivity contribution is -0.137. The zero-order valence-electron chi connectivity index (χ0n) is 8.77. The standard InChI is InChI=1S/C11H12F3NO/c1-16-8-5-7-3-2-4-9(11(12,13)14)10(7)15-6-8/h2-4,8,15H,5-6H2,1H3. The molecule has 0 saturated carbocycles. The molecule has 2 rings (SSSR count). The minimum atomic E-state index is -4.31. The number of anilines is 1. The lowest BCUT2D eigenvalue weighted by Crippen LogP contribution is -2.30. The molecule has 0 spiro atoms. The van der Waals surface area contributed by atoms with Crippen LogP contribution < -0.4 is 5.32 Å². The Labute approximate surface area is 91.4 Å². The molecule has 1 N–H and O–H groups in total. The first kappa shape index (κ1) is 11.3. The number of fused-ring (bicyclic) bond motifs is 1. The Kier molecular flexibility index (Phi) is 2.80. The van der Waals surface area contributed by atoms with Crippen LogP contribution in [0.15, 0.2) is 18.2 Å². The largest absolute Gasteiger partial charge is 0.418 e.